The Bertz CT molecular complexity index is 728. The number of rotatable bonds is 2. The quantitative estimate of drug-likeness (QED) is 0.889. The van der Waals surface area contributed by atoms with Crippen LogP contribution in [-0.2, 0) is 17.4 Å². The van der Waals surface area contributed by atoms with Crippen molar-refractivity contribution in [2.75, 3.05) is 10.6 Å². The predicted octanol–water partition coefficient (Wildman–Crippen LogP) is 3.73. The molecule has 22 heavy (non-hydrogen) atoms. The molecule has 0 bridgehead atoms. The molecule has 1 aliphatic heterocycles. The van der Waals surface area contributed by atoms with Gasteiger partial charge in [-0.25, -0.2) is 4.98 Å². The predicted molar refractivity (Wildman–Crippen MR) is 75.9 cm³/mol. The Morgan fingerprint density at radius 1 is 1.14 bits per heavy atom. The van der Waals surface area contributed by atoms with Crippen molar-refractivity contribution < 1.29 is 18.0 Å². The first kappa shape index (κ1) is 14.4. The van der Waals surface area contributed by atoms with Gasteiger partial charge in [-0.3, -0.25) is 4.79 Å². The summed E-state index contributed by atoms with van der Waals surface area (Å²) >= 11 is 0. The molecule has 0 aliphatic carbocycles. The van der Waals surface area contributed by atoms with E-state index in [1.807, 2.05) is 0 Å². The lowest BCUT2D eigenvalue weighted by molar-refractivity contribution is -0.141. The number of nitrogens with zero attached hydrogens (tertiary/aromatic N) is 1. The highest BCUT2D eigenvalue weighted by molar-refractivity contribution is 5.94. The molecule has 2 N–H and O–H groups in total. The van der Waals surface area contributed by atoms with E-state index in [2.05, 4.69) is 15.6 Å². The highest BCUT2D eigenvalue weighted by atomic mass is 19.4. The van der Waals surface area contributed by atoms with Crippen molar-refractivity contribution >= 4 is 23.1 Å². The third kappa shape index (κ3) is 3.03. The molecule has 0 saturated carbocycles. The van der Waals surface area contributed by atoms with E-state index in [0.29, 0.717) is 18.5 Å². The largest absolute Gasteiger partial charge is 0.433 e. The maximum Gasteiger partial charge on any atom is 0.433 e. The van der Waals surface area contributed by atoms with Crippen LogP contribution in [0.25, 0.3) is 0 Å². The van der Waals surface area contributed by atoms with E-state index >= 15 is 0 Å². The second-order valence-electron chi connectivity index (χ2n) is 4.95. The fourth-order valence-corrected chi connectivity index (χ4v) is 2.27. The average molecular weight is 307 g/mol. The summed E-state index contributed by atoms with van der Waals surface area (Å²) in [5, 5.41) is 5.60. The zero-order valence-electron chi connectivity index (χ0n) is 11.4. The fraction of sp³-hybridized carbons (Fsp3) is 0.200. The van der Waals surface area contributed by atoms with Crippen molar-refractivity contribution in [3.8, 4) is 0 Å². The Balaban J connectivity index is 1.83. The summed E-state index contributed by atoms with van der Waals surface area (Å²) in [6.45, 7) is 0. The van der Waals surface area contributed by atoms with Gasteiger partial charge in [0.05, 0.1) is 0 Å². The Labute approximate surface area is 124 Å². The molecule has 2 aromatic rings. The van der Waals surface area contributed by atoms with Crippen molar-refractivity contribution in [3.63, 3.8) is 0 Å². The van der Waals surface area contributed by atoms with E-state index in [4.69, 9.17) is 0 Å². The third-order valence-corrected chi connectivity index (χ3v) is 3.31. The number of hydrogen-bond donors (Lipinski definition) is 2. The Morgan fingerprint density at radius 2 is 1.95 bits per heavy atom. The number of aromatic nitrogens is 1. The van der Waals surface area contributed by atoms with Gasteiger partial charge in [0.15, 0.2) is 0 Å². The highest BCUT2D eigenvalue weighted by Crippen LogP contribution is 2.30. The molecule has 7 heteroatoms. The standard InChI is InChI=1S/C15H12F3N3O/c16-15(17,18)12-2-1-3-13(21-12)19-10-5-6-11-9(8-10)4-7-14(22)20-11/h1-3,5-6,8H,4,7H2,(H,19,21)(H,20,22). The molecule has 1 aromatic carbocycles. The summed E-state index contributed by atoms with van der Waals surface area (Å²) in [5.74, 6) is 0.0855. The zero-order chi connectivity index (χ0) is 15.7. The molecule has 1 aliphatic rings. The molecule has 0 fully saturated rings. The number of halogens is 3. The molecular formula is C15H12F3N3O. The summed E-state index contributed by atoms with van der Waals surface area (Å²) < 4.78 is 37.9. The number of benzene rings is 1. The summed E-state index contributed by atoms with van der Waals surface area (Å²) in [6.07, 6.45) is -3.47. The van der Waals surface area contributed by atoms with Crippen molar-refractivity contribution in [1.29, 1.82) is 0 Å². The van der Waals surface area contributed by atoms with Crippen LogP contribution in [0.3, 0.4) is 0 Å². The number of alkyl halides is 3. The van der Waals surface area contributed by atoms with Crippen molar-refractivity contribution in [2.45, 2.75) is 19.0 Å². The summed E-state index contributed by atoms with van der Waals surface area (Å²) in [4.78, 5) is 14.8. The second kappa shape index (κ2) is 5.32. The van der Waals surface area contributed by atoms with Gasteiger partial charge >= 0.3 is 6.18 Å². The highest BCUT2D eigenvalue weighted by Gasteiger charge is 2.32. The Morgan fingerprint density at radius 3 is 2.73 bits per heavy atom. The van der Waals surface area contributed by atoms with Gasteiger partial charge in [-0.2, -0.15) is 13.2 Å². The van der Waals surface area contributed by atoms with Crippen LogP contribution < -0.4 is 10.6 Å². The zero-order valence-corrected chi connectivity index (χ0v) is 11.4. The van der Waals surface area contributed by atoms with E-state index in [0.717, 1.165) is 17.3 Å². The minimum atomic E-state index is -4.47. The van der Waals surface area contributed by atoms with Crippen LogP contribution >= 0.6 is 0 Å². The van der Waals surface area contributed by atoms with Crippen molar-refractivity contribution in [1.82, 2.24) is 4.98 Å². The number of carbonyl (C=O) groups is 1. The maximum absolute atomic E-state index is 12.6. The van der Waals surface area contributed by atoms with E-state index in [-0.39, 0.29) is 11.7 Å². The lowest BCUT2D eigenvalue weighted by Gasteiger charge is -2.18. The second-order valence-corrected chi connectivity index (χ2v) is 4.95. The lowest BCUT2D eigenvalue weighted by atomic mass is 10.0. The minimum Gasteiger partial charge on any atom is -0.340 e. The van der Waals surface area contributed by atoms with Gasteiger partial charge in [0.25, 0.3) is 0 Å². The molecule has 4 nitrogen and oxygen atoms in total. The smallest absolute Gasteiger partial charge is 0.340 e. The molecule has 3 rings (SSSR count). The molecule has 0 radical (unpaired) electrons. The molecule has 0 spiro atoms. The Hall–Kier alpha value is -2.57. The number of anilines is 3. The summed E-state index contributed by atoms with van der Waals surface area (Å²) in [5.41, 5.74) is 1.36. The van der Waals surface area contributed by atoms with Gasteiger partial charge in [0.1, 0.15) is 11.5 Å². The van der Waals surface area contributed by atoms with E-state index in [1.165, 1.54) is 12.1 Å². The van der Waals surface area contributed by atoms with Crippen LogP contribution in [0.1, 0.15) is 17.7 Å². The van der Waals surface area contributed by atoms with Crippen molar-refractivity contribution in [2.24, 2.45) is 0 Å². The number of fused-ring (bicyclic) bond motifs is 1. The number of hydrogen-bond acceptors (Lipinski definition) is 3. The van der Waals surface area contributed by atoms with Crippen molar-refractivity contribution in [3.05, 3.63) is 47.7 Å². The first-order valence-electron chi connectivity index (χ1n) is 6.66. The van der Waals surface area contributed by atoms with Gasteiger partial charge in [0, 0.05) is 17.8 Å². The monoisotopic (exact) mass is 307 g/mol. The number of pyridine rings is 1. The number of aryl methyl sites for hydroxylation is 1. The number of amides is 1. The van der Waals surface area contributed by atoms with Gasteiger partial charge in [-0.1, -0.05) is 6.07 Å². The summed E-state index contributed by atoms with van der Waals surface area (Å²) in [6, 6.07) is 8.91. The minimum absolute atomic E-state index is 0.0345. The topological polar surface area (TPSA) is 54.0 Å². The van der Waals surface area contributed by atoms with Gasteiger partial charge < -0.3 is 10.6 Å². The van der Waals surface area contributed by atoms with Crippen LogP contribution in [0.4, 0.5) is 30.4 Å². The molecule has 0 saturated heterocycles. The molecular weight excluding hydrogens is 295 g/mol. The number of nitrogens with one attached hydrogen (secondary N) is 2. The van der Waals surface area contributed by atoms with Crippen LogP contribution in [-0.4, -0.2) is 10.9 Å². The first-order chi connectivity index (χ1) is 10.4. The van der Waals surface area contributed by atoms with Gasteiger partial charge in [-0.15, -0.1) is 0 Å². The van der Waals surface area contributed by atoms with Crippen LogP contribution in [0, 0.1) is 0 Å². The molecule has 0 atom stereocenters. The van der Waals surface area contributed by atoms with Gasteiger partial charge in [-0.05, 0) is 42.3 Å². The summed E-state index contributed by atoms with van der Waals surface area (Å²) in [7, 11) is 0. The first-order valence-corrected chi connectivity index (χ1v) is 6.66. The lowest BCUT2D eigenvalue weighted by Crippen LogP contribution is -2.18. The SMILES string of the molecule is O=C1CCc2cc(Nc3cccc(C(F)(F)F)n3)ccc2N1. The number of carbonyl (C=O) groups excluding carboxylic acids is 1. The van der Waals surface area contributed by atoms with E-state index < -0.39 is 11.9 Å². The van der Waals surface area contributed by atoms with Crippen LogP contribution in [0.15, 0.2) is 36.4 Å². The van der Waals surface area contributed by atoms with E-state index in [1.54, 1.807) is 18.2 Å². The fourth-order valence-electron chi connectivity index (χ4n) is 2.27. The average Bonchev–Trinajstić information content (AvgIpc) is 2.47. The maximum atomic E-state index is 12.6. The molecule has 0 unspecified atom stereocenters. The molecule has 1 amide bonds. The molecule has 1 aromatic heterocycles. The third-order valence-electron chi connectivity index (χ3n) is 3.31. The van der Waals surface area contributed by atoms with Crippen LogP contribution in [0.5, 0.6) is 0 Å². The van der Waals surface area contributed by atoms with Crippen LogP contribution in [0.2, 0.25) is 0 Å². The van der Waals surface area contributed by atoms with E-state index in [9.17, 15) is 18.0 Å². The Kier molecular flexibility index (Phi) is 3.48. The molecule has 2 heterocycles. The van der Waals surface area contributed by atoms with Gasteiger partial charge in [0.2, 0.25) is 5.91 Å². The normalized spacial score (nSPS) is 14.2. The molecule has 114 valence electrons.